The number of nitrogens with one attached hydrogen (secondary N) is 1. The first kappa shape index (κ1) is 22.8. The predicted molar refractivity (Wildman–Crippen MR) is 122 cm³/mol. The molecule has 0 radical (unpaired) electrons. The number of aryl methyl sites for hydroxylation is 1. The third kappa shape index (κ3) is 4.16. The van der Waals surface area contributed by atoms with Crippen LogP contribution < -0.4 is 5.32 Å². The Morgan fingerprint density at radius 1 is 1.19 bits per heavy atom. The van der Waals surface area contributed by atoms with E-state index < -0.39 is 5.92 Å². The quantitative estimate of drug-likeness (QED) is 0.483. The molecule has 6 heteroatoms. The van der Waals surface area contributed by atoms with Crippen LogP contribution >= 0.6 is 0 Å². The first-order valence-electron chi connectivity index (χ1n) is 11.1. The fourth-order valence-electron chi connectivity index (χ4n) is 4.15. The number of anilines is 1. The van der Waals surface area contributed by atoms with Gasteiger partial charge in [-0.15, -0.1) is 0 Å². The summed E-state index contributed by atoms with van der Waals surface area (Å²) in [6.07, 6.45) is 0.884. The molecule has 0 saturated heterocycles. The summed E-state index contributed by atoms with van der Waals surface area (Å²) in [5, 5.41) is 7.87. The Hall–Kier alpha value is -2.89. The minimum absolute atomic E-state index is 0.0418. The van der Waals surface area contributed by atoms with E-state index in [4.69, 9.17) is 4.74 Å². The first-order chi connectivity index (χ1) is 14.7. The molecule has 1 aromatic heterocycles. The van der Waals surface area contributed by atoms with Gasteiger partial charge in [0.2, 0.25) is 0 Å². The summed E-state index contributed by atoms with van der Waals surface area (Å²) >= 11 is 0. The highest BCUT2D eigenvalue weighted by Crippen LogP contribution is 2.46. The molecule has 0 spiro atoms. The van der Waals surface area contributed by atoms with Gasteiger partial charge >= 0.3 is 5.97 Å². The minimum Gasteiger partial charge on any atom is -0.459 e. The topological polar surface area (TPSA) is 73.2 Å². The molecule has 166 valence electrons. The first-order valence-corrected chi connectivity index (χ1v) is 11.1. The molecule has 31 heavy (non-hydrogen) atoms. The summed E-state index contributed by atoms with van der Waals surface area (Å²) in [6.45, 7) is 11.9. The van der Waals surface area contributed by atoms with Crippen LogP contribution in [0, 0.1) is 0 Å². The van der Waals surface area contributed by atoms with Gasteiger partial charge in [0.1, 0.15) is 11.5 Å². The van der Waals surface area contributed by atoms with Gasteiger partial charge in [0, 0.05) is 30.6 Å². The Bertz CT molecular complexity index is 1030. The lowest BCUT2D eigenvalue weighted by Gasteiger charge is -2.31. The zero-order valence-electron chi connectivity index (χ0n) is 19.6. The number of ether oxygens (including phenoxy) is 1. The van der Waals surface area contributed by atoms with Crippen LogP contribution in [0.25, 0.3) is 0 Å². The van der Waals surface area contributed by atoms with Gasteiger partial charge in [-0.25, -0.2) is 4.79 Å². The SMILES string of the molecule is CCC(=O)c1nn(C)c2c1C(c1ccccc1C(C)C)C(C(=O)OC(C)CC)=C(C)N2. The Balaban J connectivity index is 2.31. The summed E-state index contributed by atoms with van der Waals surface area (Å²) in [6, 6.07) is 8.13. The molecule has 0 amide bonds. The lowest BCUT2D eigenvalue weighted by molar-refractivity contribution is -0.143. The number of hydrogen-bond donors (Lipinski definition) is 1. The van der Waals surface area contributed by atoms with E-state index in [1.807, 2.05) is 52.9 Å². The average Bonchev–Trinajstić information content (AvgIpc) is 3.07. The fraction of sp³-hybridized carbons (Fsp3) is 0.480. The van der Waals surface area contributed by atoms with Crippen molar-refractivity contribution in [2.75, 3.05) is 5.32 Å². The minimum atomic E-state index is -0.425. The van der Waals surface area contributed by atoms with Gasteiger partial charge in [0.25, 0.3) is 0 Å². The number of esters is 1. The van der Waals surface area contributed by atoms with Gasteiger partial charge in [-0.3, -0.25) is 9.48 Å². The van der Waals surface area contributed by atoms with Crippen molar-refractivity contribution in [2.24, 2.45) is 7.05 Å². The number of aromatic nitrogens is 2. The molecule has 3 rings (SSSR count). The molecule has 6 nitrogen and oxygen atoms in total. The molecule has 2 aromatic rings. The van der Waals surface area contributed by atoms with Gasteiger partial charge in [0.15, 0.2) is 5.78 Å². The van der Waals surface area contributed by atoms with Gasteiger partial charge < -0.3 is 10.1 Å². The fourth-order valence-corrected chi connectivity index (χ4v) is 4.15. The smallest absolute Gasteiger partial charge is 0.337 e. The molecule has 0 aliphatic carbocycles. The van der Waals surface area contributed by atoms with Crippen LogP contribution in [0.5, 0.6) is 0 Å². The van der Waals surface area contributed by atoms with Gasteiger partial charge in [0.05, 0.1) is 11.7 Å². The van der Waals surface area contributed by atoms with Crippen molar-refractivity contribution in [3.05, 3.63) is 57.9 Å². The molecule has 0 fully saturated rings. The number of allylic oxidation sites excluding steroid dienone is 1. The number of fused-ring (bicyclic) bond motifs is 1. The summed E-state index contributed by atoms with van der Waals surface area (Å²) in [7, 11) is 1.82. The summed E-state index contributed by atoms with van der Waals surface area (Å²) in [5.74, 6) is 0.180. The third-order valence-corrected chi connectivity index (χ3v) is 5.99. The van der Waals surface area contributed by atoms with Crippen molar-refractivity contribution in [1.29, 1.82) is 0 Å². The molecule has 1 aliphatic rings. The average molecular weight is 424 g/mol. The van der Waals surface area contributed by atoms with Crippen molar-refractivity contribution in [1.82, 2.24) is 9.78 Å². The summed E-state index contributed by atoms with van der Waals surface area (Å²) in [4.78, 5) is 26.2. The molecule has 1 aromatic carbocycles. The monoisotopic (exact) mass is 423 g/mol. The number of Topliss-reactive ketones (excluding diaryl/α,β-unsaturated/α-hetero) is 1. The summed E-state index contributed by atoms with van der Waals surface area (Å²) in [5.41, 5.74) is 4.58. The maximum absolute atomic E-state index is 13.4. The van der Waals surface area contributed by atoms with E-state index in [0.717, 1.165) is 34.6 Å². The largest absolute Gasteiger partial charge is 0.459 e. The van der Waals surface area contributed by atoms with Gasteiger partial charge in [-0.05, 0) is 37.3 Å². The number of carbonyl (C=O) groups is 2. The third-order valence-electron chi connectivity index (χ3n) is 5.99. The number of nitrogens with zero attached hydrogens (tertiary/aromatic N) is 2. The van der Waals surface area contributed by atoms with Crippen LogP contribution in [-0.4, -0.2) is 27.6 Å². The standard InChI is InChI=1S/C25H33N3O3/c1-8-15(5)31-25(30)20-16(6)26-24-22(23(19(29)9-2)27-28(24)7)21(20)18-13-11-10-12-17(18)14(3)4/h10-15,21,26H,8-9H2,1-7H3. The number of ketones is 1. The second kappa shape index (κ2) is 9.08. The van der Waals surface area contributed by atoms with Crippen LogP contribution in [0.4, 0.5) is 5.82 Å². The molecule has 0 bridgehead atoms. The number of benzene rings is 1. The maximum atomic E-state index is 13.4. The van der Waals surface area contributed by atoms with Gasteiger partial charge in [-0.2, -0.15) is 5.10 Å². The van der Waals surface area contributed by atoms with E-state index in [2.05, 4.69) is 30.3 Å². The van der Waals surface area contributed by atoms with Crippen LogP contribution in [0.3, 0.4) is 0 Å². The van der Waals surface area contributed by atoms with E-state index in [1.54, 1.807) is 4.68 Å². The van der Waals surface area contributed by atoms with Crippen molar-refractivity contribution in [3.63, 3.8) is 0 Å². The highest BCUT2D eigenvalue weighted by Gasteiger charge is 2.40. The number of carbonyl (C=O) groups excluding carboxylic acids is 2. The molecule has 0 saturated carbocycles. The predicted octanol–water partition coefficient (Wildman–Crippen LogP) is 5.31. The van der Waals surface area contributed by atoms with Crippen molar-refractivity contribution >= 4 is 17.6 Å². The lowest BCUT2D eigenvalue weighted by Crippen LogP contribution is -2.28. The molecule has 2 heterocycles. The molecule has 2 atom stereocenters. The van der Waals surface area contributed by atoms with Crippen molar-refractivity contribution < 1.29 is 14.3 Å². The molecular formula is C25H33N3O3. The van der Waals surface area contributed by atoms with E-state index in [0.29, 0.717) is 17.7 Å². The van der Waals surface area contributed by atoms with Crippen LogP contribution in [0.2, 0.25) is 0 Å². The zero-order chi connectivity index (χ0) is 22.9. The Morgan fingerprint density at radius 3 is 2.48 bits per heavy atom. The van der Waals surface area contributed by atoms with Crippen LogP contribution in [-0.2, 0) is 16.6 Å². The van der Waals surface area contributed by atoms with E-state index in [1.165, 1.54) is 0 Å². The molecule has 1 aliphatic heterocycles. The number of rotatable bonds is 7. The van der Waals surface area contributed by atoms with Crippen molar-refractivity contribution in [3.8, 4) is 0 Å². The van der Waals surface area contributed by atoms with Crippen molar-refractivity contribution in [2.45, 2.75) is 72.3 Å². The van der Waals surface area contributed by atoms with E-state index >= 15 is 0 Å². The normalized spacial score (nSPS) is 16.7. The van der Waals surface area contributed by atoms with E-state index in [-0.39, 0.29) is 23.8 Å². The zero-order valence-corrected chi connectivity index (χ0v) is 19.6. The Labute approximate surface area is 184 Å². The molecular weight excluding hydrogens is 390 g/mol. The highest BCUT2D eigenvalue weighted by molar-refractivity contribution is 6.01. The van der Waals surface area contributed by atoms with Crippen LogP contribution in [0.15, 0.2) is 35.5 Å². The Kier molecular flexibility index (Phi) is 6.68. The Morgan fingerprint density at radius 2 is 1.87 bits per heavy atom. The maximum Gasteiger partial charge on any atom is 0.337 e. The summed E-state index contributed by atoms with van der Waals surface area (Å²) < 4.78 is 7.46. The molecule has 2 unspecified atom stereocenters. The second-order valence-electron chi connectivity index (χ2n) is 8.52. The van der Waals surface area contributed by atoms with Gasteiger partial charge in [-0.1, -0.05) is 52.0 Å². The lowest BCUT2D eigenvalue weighted by atomic mass is 9.77. The number of hydrogen-bond acceptors (Lipinski definition) is 5. The van der Waals surface area contributed by atoms with Crippen LogP contribution in [0.1, 0.15) is 93.4 Å². The van der Waals surface area contributed by atoms with E-state index in [9.17, 15) is 9.59 Å². The molecule has 1 N–H and O–H groups in total. The second-order valence-corrected chi connectivity index (χ2v) is 8.52. The highest BCUT2D eigenvalue weighted by atomic mass is 16.5.